The molecular formula is C7H6BrFO. The molecule has 0 saturated carbocycles. The van der Waals surface area contributed by atoms with Gasteiger partial charge < -0.3 is 0 Å². The van der Waals surface area contributed by atoms with Crippen molar-refractivity contribution < 1.29 is 9.18 Å². The number of hydrogen-bond acceptors (Lipinski definition) is 1. The summed E-state index contributed by atoms with van der Waals surface area (Å²) in [6.45, 7) is 0. The van der Waals surface area contributed by atoms with Crippen LogP contribution in [0, 0.1) is 0 Å². The van der Waals surface area contributed by atoms with Crippen LogP contribution in [0.3, 0.4) is 0 Å². The number of halogens is 2. The SMILES string of the molecule is O=CC1=CC(Br)CC=C1F. The van der Waals surface area contributed by atoms with E-state index >= 15 is 0 Å². The van der Waals surface area contributed by atoms with Crippen LogP contribution in [0.4, 0.5) is 4.39 Å². The minimum absolute atomic E-state index is 0.104. The highest BCUT2D eigenvalue weighted by Crippen LogP contribution is 2.22. The summed E-state index contributed by atoms with van der Waals surface area (Å²) in [4.78, 5) is 10.2. The van der Waals surface area contributed by atoms with Gasteiger partial charge in [0, 0.05) is 10.4 Å². The molecule has 1 aliphatic rings. The first-order valence-electron chi connectivity index (χ1n) is 2.91. The third-order valence-corrected chi connectivity index (χ3v) is 1.92. The van der Waals surface area contributed by atoms with Crippen molar-refractivity contribution in [1.82, 2.24) is 0 Å². The number of carbonyl (C=O) groups excluding carboxylic acids is 1. The van der Waals surface area contributed by atoms with Crippen LogP contribution in [0.25, 0.3) is 0 Å². The van der Waals surface area contributed by atoms with Crippen LogP contribution in [-0.2, 0) is 4.79 Å². The standard InChI is InChI=1S/C7H6BrFO/c8-6-1-2-7(9)5(3-6)4-10/h2-4,6H,1H2. The quantitative estimate of drug-likeness (QED) is 0.473. The summed E-state index contributed by atoms with van der Waals surface area (Å²) >= 11 is 3.25. The van der Waals surface area contributed by atoms with Crippen LogP contribution < -0.4 is 0 Å². The summed E-state index contributed by atoms with van der Waals surface area (Å²) in [7, 11) is 0. The maximum absolute atomic E-state index is 12.6. The molecule has 0 radical (unpaired) electrons. The second-order valence-electron chi connectivity index (χ2n) is 2.04. The highest BCUT2D eigenvalue weighted by molar-refractivity contribution is 9.09. The van der Waals surface area contributed by atoms with Gasteiger partial charge in [0.1, 0.15) is 5.83 Å². The Kier molecular flexibility index (Phi) is 2.38. The van der Waals surface area contributed by atoms with Crippen LogP contribution in [0.5, 0.6) is 0 Å². The highest BCUT2D eigenvalue weighted by Gasteiger charge is 2.11. The van der Waals surface area contributed by atoms with Gasteiger partial charge in [-0.2, -0.15) is 0 Å². The summed E-state index contributed by atoms with van der Waals surface area (Å²) in [5, 5.41) is 0. The molecule has 0 N–H and O–H groups in total. The van der Waals surface area contributed by atoms with Crippen molar-refractivity contribution in [3.8, 4) is 0 Å². The summed E-state index contributed by atoms with van der Waals surface area (Å²) < 4.78 is 12.6. The van der Waals surface area contributed by atoms with Gasteiger partial charge in [0.25, 0.3) is 0 Å². The second kappa shape index (κ2) is 3.10. The lowest BCUT2D eigenvalue weighted by Gasteiger charge is -2.07. The fourth-order valence-electron chi connectivity index (χ4n) is 0.772. The summed E-state index contributed by atoms with van der Waals surface area (Å²) in [5.41, 5.74) is 0.146. The van der Waals surface area contributed by atoms with Gasteiger partial charge in [-0.15, -0.1) is 0 Å². The maximum Gasteiger partial charge on any atom is 0.152 e. The Balaban J connectivity index is 2.83. The van der Waals surface area contributed by atoms with Gasteiger partial charge in [0.15, 0.2) is 6.29 Å². The lowest BCUT2D eigenvalue weighted by Crippen LogP contribution is -2.01. The minimum Gasteiger partial charge on any atom is -0.298 e. The monoisotopic (exact) mass is 204 g/mol. The molecule has 54 valence electrons. The number of alkyl halides is 1. The normalized spacial score (nSPS) is 25.2. The first kappa shape index (κ1) is 7.66. The lowest BCUT2D eigenvalue weighted by atomic mass is 10.1. The number of allylic oxidation sites excluding steroid dienone is 4. The Morgan fingerprint density at radius 1 is 1.80 bits per heavy atom. The van der Waals surface area contributed by atoms with Gasteiger partial charge in [-0.25, -0.2) is 4.39 Å². The molecule has 0 fully saturated rings. The molecule has 0 spiro atoms. The number of carbonyl (C=O) groups is 1. The highest BCUT2D eigenvalue weighted by atomic mass is 79.9. The molecule has 1 nitrogen and oxygen atoms in total. The Hall–Kier alpha value is -0.440. The van der Waals surface area contributed by atoms with E-state index in [9.17, 15) is 9.18 Å². The van der Waals surface area contributed by atoms with Crippen LogP contribution in [0.1, 0.15) is 6.42 Å². The molecule has 0 amide bonds. The zero-order chi connectivity index (χ0) is 7.56. The summed E-state index contributed by atoms with van der Waals surface area (Å²) in [6, 6.07) is 0. The largest absolute Gasteiger partial charge is 0.298 e. The van der Waals surface area contributed by atoms with Gasteiger partial charge in [-0.3, -0.25) is 4.79 Å². The number of rotatable bonds is 1. The van der Waals surface area contributed by atoms with Crippen LogP contribution in [-0.4, -0.2) is 11.1 Å². The summed E-state index contributed by atoms with van der Waals surface area (Å²) in [5.74, 6) is -0.411. The van der Waals surface area contributed by atoms with Gasteiger partial charge >= 0.3 is 0 Å². The van der Waals surface area contributed by atoms with E-state index in [1.54, 1.807) is 6.08 Å². The van der Waals surface area contributed by atoms with Gasteiger partial charge in [0.05, 0.1) is 0 Å². The van der Waals surface area contributed by atoms with Crippen LogP contribution in [0.2, 0.25) is 0 Å². The molecule has 1 aliphatic carbocycles. The fraction of sp³-hybridized carbons (Fsp3) is 0.286. The van der Waals surface area contributed by atoms with Crippen molar-refractivity contribution in [2.75, 3.05) is 0 Å². The van der Waals surface area contributed by atoms with E-state index in [0.717, 1.165) is 0 Å². The van der Waals surface area contributed by atoms with E-state index in [1.807, 2.05) is 0 Å². The van der Waals surface area contributed by atoms with E-state index < -0.39 is 5.83 Å². The molecule has 10 heavy (non-hydrogen) atoms. The van der Waals surface area contributed by atoms with Crippen LogP contribution >= 0.6 is 15.9 Å². The summed E-state index contributed by atoms with van der Waals surface area (Å²) in [6.07, 6.45) is 4.12. The van der Waals surface area contributed by atoms with E-state index in [4.69, 9.17) is 0 Å². The molecule has 0 heterocycles. The molecule has 1 unspecified atom stereocenters. The lowest BCUT2D eigenvalue weighted by molar-refractivity contribution is -0.104. The van der Waals surface area contributed by atoms with E-state index in [1.165, 1.54) is 6.08 Å². The predicted molar refractivity (Wildman–Crippen MR) is 40.7 cm³/mol. The second-order valence-corrected chi connectivity index (χ2v) is 3.22. The molecule has 0 aliphatic heterocycles. The zero-order valence-corrected chi connectivity index (χ0v) is 6.77. The van der Waals surface area contributed by atoms with Crippen molar-refractivity contribution in [3.05, 3.63) is 23.6 Å². The van der Waals surface area contributed by atoms with Crippen molar-refractivity contribution in [2.24, 2.45) is 0 Å². The van der Waals surface area contributed by atoms with E-state index in [2.05, 4.69) is 15.9 Å². The van der Waals surface area contributed by atoms with E-state index in [-0.39, 0.29) is 10.4 Å². The molecule has 0 aromatic rings. The zero-order valence-electron chi connectivity index (χ0n) is 5.18. The Morgan fingerprint density at radius 3 is 3.00 bits per heavy atom. The van der Waals surface area contributed by atoms with Crippen molar-refractivity contribution >= 4 is 22.2 Å². The Bertz CT molecular complexity index is 208. The Labute approximate surface area is 66.7 Å². The smallest absolute Gasteiger partial charge is 0.152 e. The molecule has 0 saturated heterocycles. The van der Waals surface area contributed by atoms with E-state index in [0.29, 0.717) is 12.7 Å². The van der Waals surface area contributed by atoms with Crippen LogP contribution in [0.15, 0.2) is 23.6 Å². The number of hydrogen-bond donors (Lipinski definition) is 0. The molecule has 0 bridgehead atoms. The predicted octanol–water partition coefficient (Wildman–Crippen LogP) is 2.13. The van der Waals surface area contributed by atoms with Gasteiger partial charge in [0.2, 0.25) is 0 Å². The number of aldehydes is 1. The third kappa shape index (κ3) is 1.53. The molecule has 3 heteroatoms. The van der Waals surface area contributed by atoms with Gasteiger partial charge in [-0.1, -0.05) is 22.0 Å². The molecular weight excluding hydrogens is 199 g/mol. The maximum atomic E-state index is 12.6. The Morgan fingerprint density at radius 2 is 2.50 bits per heavy atom. The minimum atomic E-state index is -0.411. The average Bonchev–Trinajstić information content (AvgIpc) is 1.94. The fourth-order valence-corrected chi connectivity index (χ4v) is 1.24. The molecule has 1 atom stereocenters. The molecule has 0 aromatic heterocycles. The van der Waals surface area contributed by atoms with Crippen molar-refractivity contribution in [3.63, 3.8) is 0 Å². The topological polar surface area (TPSA) is 17.1 Å². The first-order chi connectivity index (χ1) is 4.74. The van der Waals surface area contributed by atoms with Crippen molar-refractivity contribution in [2.45, 2.75) is 11.2 Å². The first-order valence-corrected chi connectivity index (χ1v) is 3.82. The average molecular weight is 205 g/mol. The molecule has 1 rings (SSSR count). The third-order valence-electron chi connectivity index (χ3n) is 1.29. The van der Waals surface area contributed by atoms with Gasteiger partial charge in [-0.05, 0) is 12.5 Å². The van der Waals surface area contributed by atoms with Crippen molar-refractivity contribution in [1.29, 1.82) is 0 Å². The molecule has 0 aromatic carbocycles.